The van der Waals surface area contributed by atoms with Gasteiger partial charge in [0, 0.05) is 5.41 Å². The quantitative estimate of drug-likeness (QED) is 0.667. The number of halogens is 1. The van der Waals surface area contributed by atoms with Gasteiger partial charge in [0.25, 0.3) is 0 Å². The SMILES string of the molecule is CC1(C)C(C(=O)O)C1(C)CF. The van der Waals surface area contributed by atoms with E-state index in [0.717, 1.165) is 0 Å². The van der Waals surface area contributed by atoms with Crippen molar-refractivity contribution >= 4 is 5.97 Å². The standard InChI is InChI=1S/C8H13FO2/c1-7(2)5(6(10)11)8(7,3)4-9/h5H,4H2,1-3H3,(H,10,11). The van der Waals surface area contributed by atoms with E-state index in [2.05, 4.69) is 0 Å². The largest absolute Gasteiger partial charge is 0.481 e. The fraction of sp³-hybridized carbons (Fsp3) is 0.875. The van der Waals surface area contributed by atoms with E-state index in [1.54, 1.807) is 20.8 Å². The molecule has 0 aromatic heterocycles. The van der Waals surface area contributed by atoms with Crippen LogP contribution < -0.4 is 0 Å². The van der Waals surface area contributed by atoms with Gasteiger partial charge in [-0.2, -0.15) is 0 Å². The summed E-state index contributed by atoms with van der Waals surface area (Å²) in [5.41, 5.74) is -1.02. The Kier molecular flexibility index (Phi) is 1.51. The molecule has 1 N–H and O–H groups in total. The lowest BCUT2D eigenvalue weighted by Crippen LogP contribution is -2.08. The molecule has 0 bridgehead atoms. The molecule has 2 nitrogen and oxygen atoms in total. The Morgan fingerprint density at radius 3 is 2.09 bits per heavy atom. The van der Waals surface area contributed by atoms with Crippen LogP contribution in [0.3, 0.4) is 0 Å². The number of carboxylic acid groups (broad SMARTS) is 1. The molecule has 0 spiro atoms. The van der Waals surface area contributed by atoms with Crippen LogP contribution in [-0.2, 0) is 4.79 Å². The van der Waals surface area contributed by atoms with Gasteiger partial charge >= 0.3 is 5.97 Å². The Bertz CT molecular complexity index is 200. The molecule has 2 atom stereocenters. The zero-order valence-electron chi connectivity index (χ0n) is 7.02. The number of alkyl halides is 1. The smallest absolute Gasteiger partial charge is 0.307 e. The van der Waals surface area contributed by atoms with Crippen molar-refractivity contribution in [2.45, 2.75) is 20.8 Å². The van der Waals surface area contributed by atoms with Crippen molar-refractivity contribution in [2.75, 3.05) is 6.67 Å². The normalized spacial score (nSPS) is 40.2. The minimum absolute atomic E-state index is 0.381. The highest BCUT2D eigenvalue weighted by Crippen LogP contribution is 2.68. The van der Waals surface area contributed by atoms with Crippen LogP contribution in [0.1, 0.15) is 20.8 Å². The number of hydrogen-bond donors (Lipinski definition) is 1. The van der Waals surface area contributed by atoms with Crippen LogP contribution in [0.15, 0.2) is 0 Å². The molecular formula is C8H13FO2. The molecule has 0 aromatic rings. The highest BCUT2D eigenvalue weighted by atomic mass is 19.1. The molecule has 0 aliphatic heterocycles. The Labute approximate surface area is 65.4 Å². The van der Waals surface area contributed by atoms with E-state index in [-0.39, 0.29) is 5.41 Å². The summed E-state index contributed by atoms with van der Waals surface area (Å²) in [6, 6.07) is 0. The third kappa shape index (κ3) is 0.798. The zero-order valence-corrected chi connectivity index (χ0v) is 7.02. The van der Waals surface area contributed by atoms with Gasteiger partial charge in [0.1, 0.15) is 0 Å². The van der Waals surface area contributed by atoms with Gasteiger partial charge in [-0.25, -0.2) is 0 Å². The maximum Gasteiger partial charge on any atom is 0.307 e. The average molecular weight is 160 g/mol. The van der Waals surface area contributed by atoms with E-state index in [1.807, 2.05) is 0 Å². The van der Waals surface area contributed by atoms with Gasteiger partial charge in [0.2, 0.25) is 0 Å². The lowest BCUT2D eigenvalue weighted by Gasteiger charge is -2.06. The van der Waals surface area contributed by atoms with Gasteiger partial charge in [-0.3, -0.25) is 9.18 Å². The van der Waals surface area contributed by atoms with E-state index in [4.69, 9.17) is 5.11 Å². The summed E-state index contributed by atoms with van der Waals surface area (Å²) in [5, 5.41) is 8.69. The number of carbonyl (C=O) groups is 1. The molecule has 0 heterocycles. The van der Waals surface area contributed by atoms with Crippen LogP contribution in [0.2, 0.25) is 0 Å². The molecule has 0 amide bonds. The average Bonchev–Trinajstić information content (AvgIpc) is 2.29. The molecular weight excluding hydrogens is 147 g/mol. The van der Waals surface area contributed by atoms with Crippen LogP contribution in [0.5, 0.6) is 0 Å². The van der Waals surface area contributed by atoms with Crippen molar-refractivity contribution < 1.29 is 14.3 Å². The third-order valence-corrected chi connectivity index (χ3v) is 3.27. The predicted molar refractivity (Wildman–Crippen MR) is 39.0 cm³/mol. The molecule has 0 aromatic carbocycles. The summed E-state index contributed by atoms with van der Waals surface area (Å²) in [7, 11) is 0. The maximum atomic E-state index is 12.4. The predicted octanol–water partition coefficient (Wildman–Crippen LogP) is 1.70. The molecule has 2 unspecified atom stereocenters. The van der Waals surface area contributed by atoms with E-state index in [1.165, 1.54) is 0 Å². The van der Waals surface area contributed by atoms with Crippen LogP contribution in [0.25, 0.3) is 0 Å². The van der Waals surface area contributed by atoms with Crippen LogP contribution in [-0.4, -0.2) is 17.8 Å². The first-order chi connectivity index (χ1) is 4.88. The number of hydrogen-bond acceptors (Lipinski definition) is 1. The van der Waals surface area contributed by atoms with Crippen molar-refractivity contribution in [3.63, 3.8) is 0 Å². The number of rotatable bonds is 2. The highest BCUT2D eigenvalue weighted by Gasteiger charge is 2.71. The molecule has 1 rings (SSSR count). The van der Waals surface area contributed by atoms with Crippen molar-refractivity contribution in [3.8, 4) is 0 Å². The maximum absolute atomic E-state index is 12.4. The number of aliphatic carboxylic acids is 1. The van der Waals surface area contributed by atoms with Gasteiger partial charge < -0.3 is 5.11 Å². The Hall–Kier alpha value is -0.600. The molecule has 0 saturated heterocycles. The second-order valence-corrected chi connectivity index (χ2v) is 4.04. The Balaban J connectivity index is 2.83. The van der Waals surface area contributed by atoms with Crippen molar-refractivity contribution in [3.05, 3.63) is 0 Å². The summed E-state index contributed by atoms with van der Waals surface area (Å²) >= 11 is 0. The van der Waals surface area contributed by atoms with E-state index in [9.17, 15) is 9.18 Å². The van der Waals surface area contributed by atoms with E-state index >= 15 is 0 Å². The lowest BCUT2D eigenvalue weighted by molar-refractivity contribution is -0.140. The fourth-order valence-electron chi connectivity index (χ4n) is 1.90. The topological polar surface area (TPSA) is 37.3 Å². The first-order valence-corrected chi connectivity index (χ1v) is 3.66. The molecule has 64 valence electrons. The van der Waals surface area contributed by atoms with Gasteiger partial charge in [-0.1, -0.05) is 20.8 Å². The summed E-state index contributed by atoms with van der Waals surface area (Å²) in [5.74, 6) is -1.39. The number of carboxylic acids is 1. The molecule has 1 aliphatic carbocycles. The van der Waals surface area contributed by atoms with Crippen LogP contribution >= 0.6 is 0 Å². The second kappa shape index (κ2) is 1.96. The minimum atomic E-state index is -0.879. The van der Waals surface area contributed by atoms with Crippen molar-refractivity contribution in [1.82, 2.24) is 0 Å². The summed E-state index contributed by atoms with van der Waals surface area (Å²) in [6.45, 7) is 4.74. The lowest BCUT2D eigenvalue weighted by atomic mass is 10.0. The van der Waals surface area contributed by atoms with Gasteiger partial charge in [-0.05, 0) is 5.41 Å². The second-order valence-electron chi connectivity index (χ2n) is 4.04. The van der Waals surface area contributed by atoms with Crippen LogP contribution in [0.4, 0.5) is 4.39 Å². The van der Waals surface area contributed by atoms with Crippen molar-refractivity contribution in [1.29, 1.82) is 0 Å². The Morgan fingerprint density at radius 1 is 1.55 bits per heavy atom. The molecule has 3 heteroatoms. The summed E-state index contributed by atoms with van der Waals surface area (Å²) in [6.07, 6.45) is 0. The first kappa shape index (κ1) is 8.50. The van der Waals surface area contributed by atoms with E-state index < -0.39 is 24.0 Å². The molecule has 1 saturated carbocycles. The van der Waals surface area contributed by atoms with Gasteiger partial charge in [-0.15, -0.1) is 0 Å². The Morgan fingerprint density at radius 2 is 2.00 bits per heavy atom. The molecule has 1 aliphatic rings. The zero-order chi connectivity index (χ0) is 8.86. The first-order valence-electron chi connectivity index (χ1n) is 3.66. The fourth-order valence-corrected chi connectivity index (χ4v) is 1.90. The molecule has 11 heavy (non-hydrogen) atoms. The van der Waals surface area contributed by atoms with E-state index in [0.29, 0.717) is 0 Å². The van der Waals surface area contributed by atoms with Gasteiger partial charge in [0.15, 0.2) is 0 Å². The monoisotopic (exact) mass is 160 g/mol. The molecule has 0 radical (unpaired) electrons. The summed E-state index contributed by atoms with van der Waals surface area (Å²) in [4.78, 5) is 10.6. The minimum Gasteiger partial charge on any atom is -0.481 e. The van der Waals surface area contributed by atoms with Crippen LogP contribution in [0, 0.1) is 16.7 Å². The summed E-state index contributed by atoms with van der Waals surface area (Å²) < 4.78 is 12.4. The van der Waals surface area contributed by atoms with Crippen molar-refractivity contribution in [2.24, 2.45) is 16.7 Å². The molecule has 1 fully saturated rings. The highest BCUT2D eigenvalue weighted by molar-refractivity contribution is 5.76. The van der Waals surface area contributed by atoms with Gasteiger partial charge in [0.05, 0.1) is 12.6 Å². The third-order valence-electron chi connectivity index (χ3n) is 3.27.